The molecule has 1 atom stereocenters. The molecule has 0 saturated heterocycles. The molecule has 1 saturated carbocycles. The van der Waals surface area contributed by atoms with Crippen LogP contribution in [-0.4, -0.2) is 41.2 Å². The number of nitrogens with one attached hydrogen (secondary N) is 1. The van der Waals surface area contributed by atoms with Crippen LogP contribution in [0, 0.1) is 0 Å². The fourth-order valence-electron chi connectivity index (χ4n) is 5.49. The highest BCUT2D eigenvalue weighted by Crippen LogP contribution is 2.37. The number of benzene rings is 3. The van der Waals surface area contributed by atoms with E-state index in [4.69, 9.17) is 11.6 Å². The quantitative estimate of drug-likeness (QED) is 0.395. The van der Waals surface area contributed by atoms with Crippen LogP contribution in [0.5, 0.6) is 0 Å². The maximum atomic E-state index is 13.5. The second-order valence-corrected chi connectivity index (χ2v) is 10.5. The predicted molar refractivity (Wildman–Crippen MR) is 147 cm³/mol. The number of hydrogen-bond donors (Lipinski definition) is 1. The van der Waals surface area contributed by atoms with Gasteiger partial charge in [0.1, 0.15) is 6.04 Å². The number of halogens is 1. The maximum Gasteiger partial charge on any atom is 0.258 e. The fourth-order valence-corrected chi connectivity index (χ4v) is 5.62. The average Bonchev–Trinajstić information content (AvgIpc) is 3.51. The van der Waals surface area contributed by atoms with Crippen LogP contribution in [0.4, 0.5) is 5.69 Å². The third-order valence-electron chi connectivity index (χ3n) is 7.56. The summed E-state index contributed by atoms with van der Waals surface area (Å²) in [6, 6.07) is 18.6. The minimum absolute atomic E-state index is 0.0263. The van der Waals surface area contributed by atoms with Crippen LogP contribution in [0.1, 0.15) is 61.4 Å². The van der Waals surface area contributed by atoms with E-state index in [2.05, 4.69) is 5.32 Å². The van der Waals surface area contributed by atoms with E-state index in [0.717, 1.165) is 47.7 Å². The van der Waals surface area contributed by atoms with Gasteiger partial charge in [-0.1, -0.05) is 60.8 Å². The Morgan fingerprint density at radius 1 is 1.05 bits per heavy atom. The van der Waals surface area contributed by atoms with Crippen molar-refractivity contribution in [2.24, 2.45) is 0 Å². The molecule has 37 heavy (non-hydrogen) atoms. The lowest BCUT2D eigenvalue weighted by Crippen LogP contribution is -2.49. The van der Waals surface area contributed by atoms with Crippen LogP contribution in [0.25, 0.3) is 10.8 Å². The highest BCUT2D eigenvalue weighted by atomic mass is 35.5. The van der Waals surface area contributed by atoms with Crippen molar-refractivity contribution < 1.29 is 14.4 Å². The van der Waals surface area contributed by atoms with Crippen LogP contribution in [0.15, 0.2) is 60.7 Å². The number of hydrogen-bond acceptors (Lipinski definition) is 3. The van der Waals surface area contributed by atoms with Crippen LogP contribution in [-0.2, 0) is 16.1 Å². The first-order chi connectivity index (χ1) is 17.9. The first kappa shape index (κ1) is 25.3. The lowest BCUT2D eigenvalue weighted by Gasteiger charge is -2.30. The van der Waals surface area contributed by atoms with Crippen LogP contribution in [0.2, 0.25) is 5.02 Å². The number of carbonyl (C=O) groups excluding carboxylic acids is 3. The number of anilines is 1. The Kier molecular flexibility index (Phi) is 7.47. The summed E-state index contributed by atoms with van der Waals surface area (Å²) in [7, 11) is 0. The van der Waals surface area contributed by atoms with Crippen molar-refractivity contribution in [1.82, 2.24) is 10.2 Å². The molecule has 5 rings (SSSR count). The highest BCUT2D eigenvalue weighted by Gasteiger charge is 2.31. The molecule has 192 valence electrons. The number of nitrogens with zero attached hydrogens (tertiary/aromatic N) is 2. The highest BCUT2D eigenvalue weighted by molar-refractivity contribution is 6.30. The van der Waals surface area contributed by atoms with Crippen molar-refractivity contribution in [1.29, 1.82) is 0 Å². The summed E-state index contributed by atoms with van der Waals surface area (Å²) in [5.41, 5.74) is 2.52. The van der Waals surface area contributed by atoms with E-state index in [1.807, 2.05) is 48.5 Å². The lowest BCUT2D eigenvalue weighted by atomic mass is 10.1. The molecular formula is C30H32ClN3O3. The van der Waals surface area contributed by atoms with Crippen LogP contribution in [0.3, 0.4) is 0 Å². The second-order valence-electron chi connectivity index (χ2n) is 10.1. The fraction of sp³-hybridized carbons (Fsp3) is 0.367. The van der Waals surface area contributed by atoms with Gasteiger partial charge < -0.3 is 15.1 Å². The molecule has 0 spiro atoms. The van der Waals surface area contributed by atoms with Crippen molar-refractivity contribution >= 4 is 45.8 Å². The molecule has 3 amide bonds. The summed E-state index contributed by atoms with van der Waals surface area (Å²) in [4.78, 5) is 43.0. The van der Waals surface area contributed by atoms with Gasteiger partial charge >= 0.3 is 0 Å². The zero-order chi connectivity index (χ0) is 25.9. The molecule has 6 nitrogen and oxygen atoms in total. The third-order valence-corrected chi connectivity index (χ3v) is 7.81. The van der Waals surface area contributed by atoms with E-state index >= 15 is 0 Å². The maximum absolute atomic E-state index is 13.5. The molecule has 7 heteroatoms. The number of rotatable bonds is 9. The zero-order valence-corrected chi connectivity index (χ0v) is 21.8. The van der Waals surface area contributed by atoms with Gasteiger partial charge in [0.05, 0.1) is 5.69 Å². The Balaban J connectivity index is 1.27. The molecule has 3 aromatic carbocycles. The van der Waals surface area contributed by atoms with Crippen LogP contribution < -0.4 is 10.2 Å². The van der Waals surface area contributed by atoms with E-state index in [0.29, 0.717) is 30.1 Å². The van der Waals surface area contributed by atoms with Gasteiger partial charge in [0.25, 0.3) is 5.91 Å². The van der Waals surface area contributed by atoms with Gasteiger partial charge in [-0.05, 0) is 61.4 Å². The van der Waals surface area contributed by atoms with Crippen molar-refractivity contribution in [2.45, 2.75) is 64.1 Å². The first-order valence-corrected chi connectivity index (χ1v) is 13.5. The Labute approximate surface area is 222 Å². The van der Waals surface area contributed by atoms with Gasteiger partial charge in [0, 0.05) is 41.5 Å². The zero-order valence-electron chi connectivity index (χ0n) is 21.1. The SMILES string of the molecule is C[C@H](C(=O)NC1CCCC1)N(Cc1ccc(Cl)cc1)C(=O)CCCN1C(=O)c2cccc3cccc1c23. The van der Waals surface area contributed by atoms with Crippen molar-refractivity contribution in [2.75, 3.05) is 11.4 Å². The van der Waals surface area contributed by atoms with Crippen molar-refractivity contribution in [3.05, 3.63) is 76.8 Å². The summed E-state index contributed by atoms with van der Waals surface area (Å²) in [6.07, 6.45) is 4.97. The molecule has 1 heterocycles. The van der Waals surface area contributed by atoms with E-state index in [1.54, 1.807) is 28.9 Å². The van der Waals surface area contributed by atoms with Gasteiger partial charge in [-0.25, -0.2) is 0 Å². The number of carbonyl (C=O) groups is 3. The summed E-state index contributed by atoms with van der Waals surface area (Å²) >= 11 is 6.05. The van der Waals surface area contributed by atoms with Crippen molar-refractivity contribution in [3.63, 3.8) is 0 Å². The minimum atomic E-state index is -0.602. The molecule has 2 aliphatic rings. The molecule has 1 aliphatic heterocycles. The smallest absolute Gasteiger partial charge is 0.258 e. The third kappa shape index (κ3) is 5.35. The lowest BCUT2D eigenvalue weighted by molar-refractivity contribution is -0.141. The normalized spacial score (nSPS) is 15.8. The Bertz CT molecular complexity index is 1310. The Morgan fingerprint density at radius 2 is 1.76 bits per heavy atom. The monoisotopic (exact) mass is 517 g/mol. The molecule has 0 bridgehead atoms. The summed E-state index contributed by atoms with van der Waals surface area (Å²) in [5, 5.41) is 5.77. The molecule has 0 radical (unpaired) electrons. The van der Waals surface area contributed by atoms with E-state index in [1.165, 1.54) is 0 Å². The van der Waals surface area contributed by atoms with E-state index in [-0.39, 0.29) is 30.2 Å². The second kappa shape index (κ2) is 10.9. The van der Waals surface area contributed by atoms with Gasteiger partial charge in [-0.3, -0.25) is 14.4 Å². The minimum Gasteiger partial charge on any atom is -0.352 e. The largest absolute Gasteiger partial charge is 0.352 e. The van der Waals surface area contributed by atoms with Crippen LogP contribution >= 0.6 is 11.6 Å². The summed E-state index contributed by atoms with van der Waals surface area (Å²) < 4.78 is 0. The molecule has 3 aromatic rings. The standard InChI is InChI=1S/C30H32ClN3O3/c1-20(29(36)32-24-9-2-3-10-24)34(19-21-14-16-23(31)17-15-21)27(35)13-6-18-33-26-12-5-8-22-7-4-11-25(28(22)26)30(33)37/h4-5,7-8,11-12,14-17,20,24H,2-3,6,9-10,13,18-19H2,1H3,(H,32,36)/t20-/m1/s1. The molecule has 1 fully saturated rings. The average molecular weight is 518 g/mol. The van der Waals surface area contributed by atoms with E-state index < -0.39 is 6.04 Å². The van der Waals surface area contributed by atoms with Gasteiger partial charge in [0.15, 0.2) is 0 Å². The molecular weight excluding hydrogens is 486 g/mol. The van der Waals surface area contributed by atoms with Gasteiger partial charge in [-0.15, -0.1) is 0 Å². The molecule has 0 aromatic heterocycles. The van der Waals surface area contributed by atoms with E-state index in [9.17, 15) is 14.4 Å². The van der Waals surface area contributed by atoms with Crippen molar-refractivity contribution in [3.8, 4) is 0 Å². The first-order valence-electron chi connectivity index (χ1n) is 13.1. The molecule has 1 aliphatic carbocycles. The summed E-state index contributed by atoms with van der Waals surface area (Å²) in [6.45, 7) is 2.55. The van der Waals surface area contributed by atoms with Gasteiger partial charge in [-0.2, -0.15) is 0 Å². The Morgan fingerprint density at radius 3 is 2.49 bits per heavy atom. The topological polar surface area (TPSA) is 69.7 Å². The molecule has 0 unspecified atom stereocenters. The van der Waals surface area contributed by atoms with Gasteiger partial charge in [0.2, 0.25) is 11.8 Å². The summed E-state index contributed by atoms with van der Waals surface area (Å²) in [5.74, 6) is -0.251. The number of amides is 3. The molecule has 1 N–H and O–H groups in total. The Hall–Kier alpha value is -3.38. The predicted octanol–water partition coefficient (Wildman–Crippen LogP) is 5.71.